The Morgan fingerprint density at radius 3 is 2.54 bits per heavy atom. The molecule has 1 aromatic carbocycles. The number of thiophene rings is 1. The third kappa shape index (κ3) is 6.67. The standard InChI is InChI=1S/C30H39N5O2S2/c1-18(37-21-12-9-19(10-13-21)29(2,3)4)26-33-34-28(35(26)8)38-17-25(36)32-27-23(16-31)22-14-11-20(30(5,6)7)15-24(22)39-27/h9-10,12-13,18,20H,11,14-15,17H2,1-8H3,(H,32,36). The van der Waals surface area contributed by atoms with E-state index in [0.29, 0.717) is 27.5 Å². The number of fused-ring (bicyclic) bond motifs is 1. The van der Waals surface area contributed by atoms with Gasteiger partial charge in [-0.1, -0.05) is 65.4 Å². The van der Waals surface area contributed by atoms with E-state index in [-0.39, 0.29) is 28.6 Å². The topological polar surface area (TPSA) is 92.8 Å². The van der Waals surface area contributed by atoms with Crippen molar-refractivity contribution >= 4 is 34.0 Å². The number of rotatable bonds is 7. The highest BCUT2D eigenvalue weighted by atomic mass is 32.2. The zero-order valence-corrected chi connectivity index (χ0v) is 25.8. The minimum Gasteiger partial charge on any atom is -0.483 e. The highest BCUT2D eigenvalue weighted by molar-refractivity contribution is 7.99. The summed E-state index contributed by atoms with van der Waals surface area (Å²) in [4.78, 5) is 14.1. The molecule has 2 heterocycles. The van der Waals surface area contributed by atoms with Crippen molar-refractivity contribution in [2.45, 2.75) is 84.4 Å². The minimum absolute atomic E-state index is 0.0839. The molecule has 0 fully saturated rings. The fourth-order valence-corrected chi connectivity index (χ4v) is 6.93. The summed E-state index contributed by atoms with van der Waals surface area (Å²) in [6.45, 7) is 15.3. The van der Waals surface area contributed by atoms with Gasteiger partial charge in [-0.05, 0) is 66.2 Å². The van der Waals surface area contributed by atoms with Crippen LogP contribution in [-0.2, 0) is 30.1 Å². The minimum atomic E-state index is -0.307. The molecule has 208 valence electrons. The van der Waals surface area contributed by atoms with E-state index in [1.165, 1.54) is 22.2 Å². The maximum atomic E-state index is 12.9. The number of aromatic nitrogens is 3. The summed E-state index contributed by atoms with van der Waals surface area (Å²) < 4.78 is 7.98. The van der Waals surface area contributed by atoms with Crippen LogP contribution in [0.3, 0.4) is 0 Å². The first-order valence-corrected chi connectivity index (χ1v) is 15.2. The third-order valence-corrected chi connectivity index (χ3v) is 9.64. The molecule has 1 aliphatic carbocycles. The van der Waals surface area contributed by atoms with Gasteiger partial charge < -0.3 is 14.6 Å². The molecule has 4 rings (SSSR count). The summed E-state index contributed by atoms with van der Waals surface area (Å²) in [5.74, 6) is 2.05. The summed E-state index contributed by atoms with van der Waals surface area (Å²) >= 11 is 2.88. The number of hydrogen-bond donors (Lipinski definition) is 1. The summed E-state index contributed by atoms with van der Waals surface area (Å²) in [7, 11) is 1.88. The van der Waals surface area contributed by atoms with E-state index in [9.17, 15) is 10.1 Å². The Morgan fingerprint density at radius 1 is 1.23 bits per heavy atom. The Bertz CT molecular complexity index is 1370. The molecule has 0 aliphatic heterocycles. The van der Waals surface area contributed by atoms with Crippen LogP contribution < -0.4 is 10.1 Å². The van der Waals surface area contributed by atoms with E-state index in [1.54, 1.807) is 11.3 Å². The number of amides is 1. The zero-order valence-electron chi connectivity index (χ0n) is 24.2. The molecule has 3 aromatic rings. The Balaban J connectivity index is 1.36. The number of hydrogen-bond acceptors (Lipinski definition) is 7. The summed E-state index contributed by atoms with van der Waals surface area (Å²) in [6, 6.07) is 10.5. The van der Waals surface area contributed by atoms with Crippen molar-refractivity contribution in [1.82, 2.24) is 14.8 Å². The molecule has 9 heteroatoms. The fraction of sp³-hybridized carbons (Fsp3) is 0.533. The van der Waals surface area contributed by atoms with Crippen molar-refractivity contribution in [3.05, 3.63) is 51.7 Å². The lowest BCUT2D eigenvalue weighted by molar-refractivity contribution is -0.113. The van der Waals surface area contributed by atoms with Gasteiger partial charge in [-0.15, -0.1) is 21.5 Å². The maximum Gasteiger partial charge on any atom is 0.235 e. The normalized spacial score (nSPS) is 16.3. The number of anilines is 1. The van der Waals surface area contributed by atoms with E-state index in [1.807, 2.05) is 30.7 Å². The lowest BCUT2D eigenvalue weighted by atomic mass is 9.72. The number of nitriles is 1. The van der Waals surface area contributed by atoms with Gasteiger partial charge in [0.25, 0.3) is 0 Å². The Hall–Kier alpha value is -2.83. The average molecular weight is 566 g/mol. The molecular formula is C30H39N5O2S2. The van der Waals surface area contributed by atoms with E-state index < -0.39 is 0 Å². The van der Waals surface area contributed by atoms with Crippen molar-refractivity contribution in [2.75, 3.05) is 11.1 Å². The number of carbonyl (C=O) groups excluding carboxylic acids is 1. The quantitative estimate of drug-likeness (QED) is 0.308. The van der Waals surface area contributed by atoms with Gasteiger partial charge in [0, 0.05) is 11.9 Å². The van der Waals surface area contributed by atoms with E-state index >= 15 is 0 Å². The summed E-state index contributed by atoms with van der Waals surface area (Å²) in [5, 5.41) is 22.7. The van der Waals surface area contributed by atoms with E-state index in [2.05, 4.69) is 75.3 Å². The van der Waals surface area contributed by atoms with Crippen LogP contribution in [0.2, 0.25) is 0 Å². The predicted molar refractivity (Wildman–Crippen MR) is 159 cm³/mol. The molecule has 1 N–H and O–H groups in total. The van der Waals surface area contributed by atoms with Crippen LogP contribution in [0.4, 0.5) is 5.00 Å². The van der Waals surface area contributed by atoms with Crippen LogP contribution in [0.15, 0.2) is 29.4 Å². The molecule has 0 spiro atoms. The van der Waals surface area contributed by atoms with Crippen LogP contribution in [0.25, 0.3) is 0 Å². The predicted octanol–water partition coefficient (Wildman–Crippen LogP) is 7.07. The highest BCUT2D eigenvalue weighted by Crippen LogP contribution is 2.44. The van der Waals surface area contributed by atoms with Gasteiger partial charge in [0.05, 0.1) is 11.3 Å². The molecule has 2 aromatic heterocycles. The number of nitrogens with one attached hydrogen (secondary N) is 1. The van der Waals surface area contributed by atoms with Crippen molar-refractivity contribution in [3.63, 3.8) is 0 Å². The third-order valence-electron chi connectivity index (χ3n) is 7.45. The van der Waals surface area contributed by atoms with Gasteiger partial charge >= 0.3 is 0 Å². The van der Waals surface area contributed by atoms with Gasteiger partial charge in [0.1, 0.15) is 16.8 Å². The highest BCUT2D eigenvalue weighted by Gasteiger charge is 2.32. The second-order valence-electron chi connectivity index (χ2n) is 12.4. The van der Waals surface area contributed by atoms with Crippen molar-refractivity contribution < 1.29 is 9.53 Å². The number of benzene rings is 1. The SMILES string of the molecule is CC(Oc1ccc(C(C)(C)C)cc1)c1nnc(SCC(=O)Nc2sc3c(c2C#N)CCC(C(C)(C)C)C3)n1C. The van der Waals surface area contributed by atoms with Crippen LogP contribution in [0.5, 0.6) is 5.75 Å². The largest absolute Gasteiger partial charge is 0.483 e. The molecule has 0 saturated carbocycles. The number of carbonyl (C=O) groups is 1. The first-order chi connectivity index (χ1) is 18.3. The van der Waals surface area contributed by atoms with Crippen molar-refractivity contribution in [1.29, 1.82) is 5.26 Å². The smallest absolute Gasteiger partial charge is 0.235 e. The monoisotopic (exact) mass is 565 g/mol. The molecule has 7 nitrogen and oxygen atoms in total. The molecule has 2 unspecified atom stereocenters. The molecule has 1 aliphatic rings. The van der Waals surface area contributed by atoms with Crippen molar-refractivity contribution in [2.24, 2.45) is 18.4 Å². The Kier molecular flexibility index (Phi) is 8.48. The molecule has 0 bridgehead atoms. The van der Waals surface area contributed by atoms with Crippen molar-refractivity contribution in [3.8, 4) is 11.8 Å². The molecular weight excluding hydrogens is 526 g/mol. The maximum absolute atomic E-state index is 12.9. The Labute approximate surface area is 240 Å². The van der Waals surface area contributed by atoms with Gasteiger partial charge in [-0.25, -0.2) is 0 Å². The van der Waals surface area contributed by atoms with Crippen LogP contribution in [-0.4, -0.2) is 26.4 Å². The first-order valence-electron chi connectivity index (χ1n) is 13.4. The van der Waals surface area contributed by atoms with Crippen LogP contribution in [0, 0.1) is 22.7 Å². The zero-order chi connectivity index (χ0) is 28.5. The molecule has 0 radical (unpaired) electrons. The van der Waals surface area contributed by atoms with Crippen LogP contribution in [0.1, 0.15) is 88.4 Å². The van der Waals surface area contributed by atoms with Gasteiger partial charge in [-0.2, -0.15) is 5.26 Å². The molecule has 0 saturated heterocycles. The number of nitrogens with zero attached hydrogens (tertiary/aromatic N) is 4. The van der Waals surface area contributed by atoms with E-state index in [0.717, 1.165) is 30.6 Å². The van der Waals surface area contributed by atoms with Gasteiger partial charge in [0.15, 0.2) is 17.1 Å². The lowest BCUT2D eigenvalue weighted by Gasteiger charge is -2.33. The molecule has 2 atom stereocenters. The average Bonchev–Trinajstić information content (AvgIpc) is 3.40. The Morgan fingerprint density at radius 2 is 1.92 bits per heavy atom. The second-order valence-corrected chi connectivity index (χ2v) is 14.4. The van der Waals surface area contributed by atoms with Crippen LogP contribution >= 0.6 is 23.1 Å². The van der Waals surface area contributed by atoms with Gasteiger partial charge in [-0.3, -0.25) is 4.79 Å². The summed E-state index contributed by atoms with van der Waals surface area (Å²) in [5.41, 5.74) is 3.30. The van der Waals surface area contributed by atoms with Gasteiger partial charge in [0.2, 0.25) is 5.91 Å². The number of thioether (sulfide) groups is 1. The molecule has 39 heavy (non-hydrogen) atoms. The molecule has 1 amide bonds. The number of ether oxygens (including phenoxy) is 1. The fourth-order valence-electron chi connectivity index (χ4n) is 4.92. The summed E-state index contributed by atoms with van der Waals surface area (Å²) in [6.07, 6.45) is 2.62. The van der Waals surface area contributed by atoms with E-state index in [4.69, 9.17) is 4.74 Å². The second kappa shape index (κ2) is 11.3. The lowest BCUT2D eigenvalue weighted by Crippen LogP contribution is -2.26. The first kappa shape index (κ1) is 29.2.